The van der Waals surface area contributed by atoms with E-state index in [9.17, 15) is 9.59 Å². The molecule has 0 fully saturated rings. The quantitative estimate of drug-likeness (QED) is 0.530. The van der Waals surface area contributed by atoms with E-state index in [4.69, 9.17) is 0 Å². The Morgan fingerprint density at radius 3 is 2.36 bits per heavy atom. The molecule has 0 aromatic carbocycles. The van der Waals surface area contributed by atoms with Gasteiger partial charge in [-0.05, 0) is 25.5 Å². The molecule has 2 nitrogen and oxygen atoms in total. The summed E-state index contributed by atoms with van der Waals surface area (Å²) in [4.78, 5) is 22.1. The predicted molar refractivity (Wildman–Crippen MR) is 42.1 cm³/mol. The molecule has 0 aliphatic heterocycles. The lowest BCUT2D eigenvalue weighted by atomic mass is 9.97. The van der Waals surface area contributed by atoms with Crippen molar-refractivity contribution in [2.45, 2.75) is 20.3 Å². The summed E-state index contributed by atoms with van der Waals surface area (Å²) in [6, 6.07) is 0. The van der Waals surface area contributed by atoms with E-state index in [2.05, 4.69) is 0 Å². The zero-order valence-corrected chi connectivity index (χ0v) is 6.68. The molecule has 0 N–H and O–H groups in total. The van der Waals surface area contributed by atoms with Crippen LogP contribution in [0.3, 0.4) is 0 Å². The summed E-state index contributed by atoms with van der Waals surface area (Å²) in [7, 11) is 0. The predicted octanol–water partition coefficient (Wildman–Crippen LogP) is 1.42. The summed E-state index contributed by atoms with van der Waals surface area (Å²) in [5.74, 6) is -0.0638. The molecular weight excluding hydrogens is 140 g/mol. The molecule has 1 aliphatic rings. The molecule has 0 spiro atoms. The molecule has 0 bridgehead atoms. The monoisotopic (exact) mass is 150 g/mol. The highest BCUT2D eigenvalue weighted by molar-refractivity contribution is 6.19. The molecule has 11 heavy (non-hydrogen) atoms. The molecule has 58 valence electrons. The summed E-state index contributed by atoms with van der Waals surface area (Å²) in [6.45, 7) is 3.52. The molecule has 0 saturated heterocycles. The highest BCUT2D eigenvalue weighted by Gasteiger charge is 2.14. The number of carbonyl (C=O) groups is 2. The van der Waals surface area contributed by atoms with Gasteiger partial charge in [0.2, 0.25) is 0 Å². The maximum atomic E-state index is 11.1. The van der Waals surface area contributed by atoms with Gasteiger partial charge in [-0.1, -0.05) is 6.92 Å². The first kappa shape index (κ1) is 7.92. The first-order chi connectivity index (χ1) is 5.15. The fraction of sp³-hybridized carbons (Fsp3) is 0.333. The van der Waals surface area contributed by atoms with Crippen molar-refractivity contribution in [2.75, 3.05) is 0 Å². The number of rotatable bonds is 1. The van der Waals surface area contributed by atoms with Gasteiger partial charge in [0.1, 0.15) is 0 Å². The highest BCUT2D eigenvalue weighted by Crippen LogP contribution is 2.13. The van der Waals surface area contributed by atoms with Crippen LogP contribution in [0.15, 0.2) is 23.3 Å². The molecule has 2 heteroatoms. The van der Waals surface area contributed by atoms with E-state index in [0.29, 0.717) is 17.6 Å². The number of allylic oxidation sites excluding steroid dienone is 4. The van der Waals surface area contributed by atoms with Crippen LogP contribution in [0.5, 0.6) is 0 Å². The highest BCUT2D eigenvalue weighted by atomic mass is 16.1. The summed E-state index contributed by atoms with van der Waals surface area (Å²) in [5, 5.41) is 0. The molecule has 0 amide bonds. The summed E-state index contributed by atoms with van der Waals surface area (Å²) < 4.78 is 0. The average molecular weight is 150 g/mol. The van der Waals surface area contributed by atoms with Crippen molar-refractivity contribution in [1.29, 1.82) is 0 Å². The van der Waals surface area contributed by atoms with E-state index in [0.717, 1.165) is 0 Å². The Hall–Kier alpha value is -1.18. The summed E-state index contributed by atoms with van der Waals surface area (Å²) in [5.41, 5.74) is 1.15. The lowest BCUT2D eigenvalue weighted by molar-refractivity contribution is -0.115. The lowest BCUT2D eigenvalue weighted by Crippen LogP contribution is -2.10. The van der Waals surface area contributed by atoms with Crippen LogP contribution < -0.4 is 0 Å². The SMILES string of the molecule is CCC1=CC(=O)C(C)=CC1=O. The molecule has 0 aromatic rings. The lowest BCUT2D eigenvalue weighted by Gasteiger charge is -2.06. The molecule has 0 radical (unpaired) electrons. The van der Waals surface area contributed by atoms with Gasteiger partial charge in [0.15, 0.2) is 11.6 Å². The Balaban J connectivity index is 2.98. The smallest absolute Gasteiger partial charge is 0.182 e. The molecule has 0 atom stereocenters. The molecule has 0 heterocycles. The molecule has 0 unspecified atom stereocenters. The van der Waals surface area contributed by atoms with Gasteiger partial charge in [-0.3, -0.25) is 9.59 Å². The first-order valence-corrected chi connectivity index (χ1v) is 3.62. The van der Waals surface area contributed by atoms with Gasteiger partial charge in [0, 0.05) is 11.1 Å². The van der Waals surface area contributed by atoms with Crippen molar-refractivity contribution in [3.8, 4) is 0 Å². The van der Waals surface area contributed by atoms with Crippen LogP contribution in [0, 0.1) is 0 Å². The van der Waals surface area contributed by atoms with Gasteiger partial charge in [0.05, 0.1) is 0 Å². The molecule has 0 saturated carbocycles. The minimum absolute atomic E-state index is 0.0235. The van der Waals surface area contributed by atoms with E-state index in [1.165, 1.54) is 12.2 Å². The molecule has 1 rings (SSSR count). The fourth-order valence-corrected chi connectivity index (χ4v) is 0.980. The third-order valence-electron chi connectivity index (χ3n) is 1.74. The normalized spacial score (nSPS) is 18.0. The largest absolute Gasteiger partial charge is 0.290 e. The Morgan fingerprint density at radius 1 is 1.18 bits per heavy atom. The molecule has 1 aliphatic carbocycles. The molecule has 0 aromatic heterocycles. The first-order valence-electron chi connectivity index (χ1n) is 3.62. The van der Waals surface area contributed by atoms with Crippen LogP contribution in [0.25, 0.3) is 0 Å². The van der Waals surface area contributed by atoms with Crippen molar-refractivity contribution < 1.29 is 9.59 Å². The van der Waals surface area contributed by atoms with Crippen LogP contribution >= 0.6 is 0 Å². The zero-order chi connectivity index (χ0) is 8.43. The van der Waals surface area contributed by atoms with E-state index >= 15 is 0 Å². The zero-order valence-electron chi connectivity index (χ0n) is 6.68. The average Bonchev–Trinajstić information content (AvgIpc) is 1.97. The number of hydrogen-bond donors (Lipinski definition) is 0. The van der Waals surface area contributed by atoms with Crippen molar-refractivity contribution in [3.05, 3.63) is 23.3 Å². The minimum Gasteiger partial charge on any atom is -0.290 e. The van der Waals surface area contributed by atoms with Crippen LogP contribution in [0.1, 0.15) is 20.3 Å². The Kier molecular flexibility index (Phi) is 2.03. The second-order valence-electron chi connectivity index (χ2n) is 2.58. The fourth-order valence-electron chi connectivity index (χ4n) is 0.980. The molecular formula is C9H10O2. The van der Waals surface area contributed by atoms with E-state index < -0.39 is 0 Å². The summed E-state index contributed by atoms with van der Waals surface area (Å²) in [6.07, 6.45) is 3.47. The van der Waals surface area contributed by atoms with Gasteiger partial charge in [0.25, 0.3) is 0 Å². The van der Waals surface area contributed by atoms with Crippen LogP contribution in [0.4, 0.5) is 0 Å². The van der Waals surface area contributed by atoms with Crippen molar-refractivity contribution in [2.24, 2.45) is 0 Å². The van der Waals surface area contributed by atoms with Crippen molar-refractivity contribution in [1.82, 2.24) is 0 Å². The van der Waals surface area contributed by atoms with Gasteiger partial charge in [-0.15, -0.1) is 0 Å². The number of hydrogen-bond acceptors (Lipinski definition) is 2. The van der Waals surface area contributed by atoms with Gasteiger partial charge in [-0.25, -0.2) is 0 Å². The second-order valence-corrected chi connectivity index (χ2v) is 2.58. The summed E-state index contributed by atoms with van der Waals surface area (Å²) >= 11 is 0. The van der Waals surface area contributed by atoms with Crippen molar-refractivity contribution >= 4 is 11.6 Å². The maximum Gasteiger partial charge on any atom is 0.182 e. The third kappa shape index (κ3) is 1.45. The minimum atomic E-state index is -0.0403. The number of carbonyl (C=O) groups excluding carboxylic acids is 2. The standard InChI is InChI=1S/C9H10O2/c1-3-7-5-8(10)6(2)4-9(7)11/h4-5H,3H2,1-2H3. The number of ketones is 2. The van der Waals surface area contributed by atoms with Crippen molar-refractivity contribution in [3.63, 3.8) is 0 Å². The van der Waals surface area contributed by atoms with E-state index in [-0.39, 0.29) is 11.6 Å². The Morgan fingerprint density at radius 2 is 1.82 bits per heavy atom. The maximum absolute atomic E-state index is 11.1. The Bertz CT molecular complexity index is 269. The van der Waals surface area contributed by atoms with Crippen LogP contribution in [-0.2, 0) is 9.59 Å². The van der Waals surface area contributed by atoms with E-state index in [1.54, 1.807) is 6.92 Å². The van der Waals surface area contributed by atoms with Gasteiger partial charge < -0.3 is 0 Å². The van der Waals surface area contributed by atoms with E-state index in [1.807, 2.05) is 6.92 Å². The Labute approximate surface area is 65.6 Å². The third-order valence-corrected chi connectivity index (χ3v) is 1.74. The van der Waals surface area contributed by atoms with Gasteiger partial charge >= 0.3 is 0 Å². The van der Waals surface area contributed by atoms with Gasteiger partial charge in [-0.2, -0.15) is 0 Å². The second kappa shape index (κ2) is 2.82. The van der Waals surface area contributed by atoms with Crippen LogP contribution in [-0.4, -0.2) is 11.6 Å². The van der Waals surface area contributed by atoms with Crippen LogP contribution in [0.2, 0.25) is 0 Å². The topological polar surface area (TPSA) is 34.1 Å².